The molecule has 1 N–H and O–H groups in total. The van der Waals surface area contributed by atoms with E-state index < -0.39 is 29.7 Å². The van der Waals surface area contributed by atoms with Crippen LogP contribution < -0.4 is 5.32 Å². The van der Waals surface area contributed by atoms with E-state index in [1.165, 1.54) is 19.2 Å². The van der Waals surface area contributed by atoms with Gasteiger partial charge in [0.25, 0.3) is 5.91 Å². The fraction of sp³-hybridized carbons (Fsp3) is 0.357. The summed E-state index contributed by atoms with van der Waals surface area (Å²) in [6.45, 7) is 0. The van der Waals surface area contributed by atoms with E-state index in [9.17, 15) is 18.8 Å². The van der Waals surface area contributed by atoms with Crippen molar-refractivity contribution in [3.05, 3.63) is 33.1 Å². The third kappa shape index (κ3) is 5.24. The van der Waals surface area contributed by atoms with E-state index in [0.29, 0.717) is 3.57 Å². The minimum absolute atomic E-state index is 0.00290. The van der Waals surface area contributed by atoms with E-state index in [2.05, 4.69) is 14.8 Å². The van der Waals surface area contributed by atoms with Gasteiger partial charge in [-0.2, -0.15) is 0 Å². The summed E-state index contributed by atoms with van der Waals surface area (Å²) in [6, 6.07) is 3.04. The summed E-state index contributed by atoms with van der Waals surface area (Å²) in [5, 5.41) is 2.36. The lowest BCUT2D eigenvalue weighted by Crippen LogP contribution is -2.42. The molecule has 8 heteroatoms. The Hall–Kier alpha value is -1.71. The summed E-state index contributed by atoms with van der Waals surface area (Å²) in [4.78, 5) is 34.8. The molecule has 0 fully saturated rings. The van der Waals surface area contributed by atoms with Crippen molar-refractivity contribution < 1.29 is 28.2 Å². The van der Waals surface area contributed by atoms with Gasteiger partial charge in [-0.25, -0.2) is 9.18 Å². The normalized spacial score (nSPS) is 11.5. The molecule has 0 saturated carbocycles. The molecule has 120 valence electrons. The standard InChI is InChI=1S/C14H15FINO5/c1-21-12(18)6-5-11(14(20)22-2)17-13(19)9-4-3-8(16)7-10(9)15/h3-4,7,11H,5-6H2,1-2H3,(H,17,19)/t11-/m0/s1. The second kappa shape index (κ2) is 8.66. The van der Waals surface area contributed by atoms with Crippen molar-refractivity contribution in [3.8, 4) is 0 Å². The number of carbonyl (C=O) groups is 3. The molecule has 22 heavy (non-hydrogen) atoms. The van der Waals surface area contributed by atoms with E-state index in [4.69, 9.17) is 0 Å². The van der Waals surface area contributed by atoms with E-state index in [1.807, 2.05) is 22.6 Å². The van der Waals surface area contributed by atoms with Crippen LogP contribution in [0.25, 0.3) is 0 Å². The maximum absolute atomic E-state index is 13.7. The van der Waals surface area contributed by atoms with E-state index >= 15 is 0 Å². The number of methoxy groups -OCH3 is 2. The molecular weight excluding hydrogens is 408 g/mol. The number of halogens is 2. The average molecular weight is 423 g/mol. The molecule has 0 aromatic heterocycles. The molecule has 6 nitrogen and oxygen atoms in total. The first-order valence-corrected chi connectivity index (χ1v) is 7.37. The van der Waals surface area contributed by atoms with Gasteiger partial charge in [0.2, 0.25) is 0 Å². The highest BCUT2D eigenvalue weighted by molar-refractivity contribution is 14.1. The first-order valence-electron chi connectivity index (χ1n) is 6.29. The van der Waals surface area contributed by atoms with Gasteiger partial charge in [-0.1, -0.05) is 0 Å². The molecule has 0 aliphatic rings. The van der Waals surface area contributed by atoms with Gasteiger partial charge in [0, 0.05) is 9.99 Å². The second-order valence-corrected chi connectivity index (χ2v) is 5.53. The summed E-state index contributed by atoms with van der Waals surface area (Å²) < 4.78 is 23.4. The predicted molar refractivity (Wildman–Crippen MR) is 83.6 cm³/mol. The molecule has 1 rings (SSSR count). The molecular formula is C14H15FINO5. The fourth-order valence-corrected chi connectivity index (χ4v) is 2.12. The second-order valence-electron chi connectivity index (χ2n) is 4.29. The summed E-state index contributed by atoms with van der Waals surface area (Å²) in [6.07, 6.45) is -0.0806. The Morgan fingerprint density at radius 2 is 1.95 bits per heavy atom. The Morgan fingerprint density at radius 1 is 1.27 bits per heavy atom. The molecule has 0 radical (unpaired) electrons. The van der Waals surface area contributed by atoms with Gasteiger partial charge in [-0.3, -0.25) is 9.59 Å². The van der Waals surface area contributed by atoms with Crippen LogP contribution in [0.1, 0.15) is 23.2 Å². The van der Waals surface area contributed by atoms with Crippen LogP contribution in [0.5, 0.6) is 0 Å². The third-order valence-corrected chi connectivity index (χ3v) is 3.50. The number of carbonyl (C=O) groups excluding carboxylic acids is 3. The van der Waals surface area contributed by atoms with Crippen molar-refractivity contribution >= 4 is 40.4 Å². The predicted octanol–water partition coefficient (Wildman–Crippen LogP) is 1.65. The quantitative estimate of drug-likeness (QED) is 0.556. The number of ether oxygens (including phenoxy) is 2. The van der Waals surface area contributed by atoms with Crippen molar-refractivity contribution in [2.45, 2.75) is 18.9 Å². The van der Waals surface area contributed by atoms with Crippen LogP contribution in [0, 0.1) is 9.39 Å². The lowest BCUT2D eigenvalue weighted by atomic mass is 10.1. The van der Waals surface area contributed by atoms with Crippen LogP contribution in [-0.4, -0.2) is 38.1 Å². The van der Waals surface area contributed by atoms with Crippen LogP contribution >= 0.6 is 22.6 Å². The molecule has 1 aromatic rings. The Morgan fingerprint density at radius 3 is 2.50 bits per heavy atom. The highest BCUT2D eigenvalue weighted by atomic mass is 127. The summed E-state index contributed by atoms with van der Waals surface area (Å²) >= 11 is 1.92. The number of hydrogen-bond acceptors (Lipinski definition) is 5. The largest absolute Gasteiger partial charge is 0.469 e. The summed E-state index contributed by atoms with van der Waals surface area (Å²) in [5.74, 6) is -2.69. The molecule has 0 saturated heterocycles. The molecule has 0 heterocycles. The molecule has 1 aromatic carbocycles. The van der Waals surface area contributed by atoms with Gasteiger partial charge in [0.05, 0.1) is 19.8 Å². The zero-order valence-electron chi connectivity index (χ0n) is 12.0. The van der Waals surface area contributed by atoms with Gasteiger partial charge in [-0.05, 0) is 47.2 Å². The van der Waals surface area contributed by atoms with Gasteiger partial charge in [-0.15, -0.1) is 0 Å². The van der Waals surface area contributed by atoms with Crippen LogP contribution in [-0.2, 0) is 19.1 Å². The van der Waals surface area contributed by atoms with Crippen LogP contribution in [0.15, 0.2) is 18.2 Å². The molecule has 0 aliphatic heterocycles. The van der Waals surface area contributed by atoms with Crippen molar-refractivity contribution in [3.63, 3.8) is 0 Å². The molecule has 0 spiro atoms. The van der Waals surface area contributed by atoms with Crippen molar-refractivity contribution in [1.82, 2.24) is 5.32 Å². The number of nitrogens with one attached hydrogen (secondary N) is 1. The third-order valence-electron chi connectivity index (χ3n) is 2.83. The minimum atomic E-state index is -1.06. The Kier molecular flexibility index (Phi) is 7.22. The minimum Gasteiger partial charge on any atom is -0.469 e. The lowest BCUT2D eigenvalue weighted by Gasteiger charge is -2.16. The SMILES string of the molecule is COC(=O)CC[C@H](NC(=O)c1ccc(I)cc1F)C(=O)OC. The summed E-state index contributed by atoms with van der Waals surface area (Å²) in [5.41, 5.74) is -0.188. The summed E-state index contributed by atoms with van der Waals surface area (Å²) in [7, 11) is 2.38. The van der Waals surface area contributed by atoms with Gasteiger partial charge in [0.1, 0.15) is 11.9 Å². The number of amides is 1. The lowest BCUT2D eigenvalue weighted by molar-refractivity contribution is -0.144. The number of rotatable bonds is 6. The number of hydrogen-bond donors (Lipinski definition) is 1. The topological polar surface area (TPSA) is 81.7 Å². The highest BCUT2D eigenvalue weighted by Gasteiger charge is 2.24. The van der Waals surface area contributed by atoms with Gasteiger partial charge >= 0.3 is 11.9 Å². The van der Waals surface area contributed by atoms with Crippen LogP contribution in [0.3, 0.4) is 0 Å². The maximum atomic E-state index is 13.7. The van der Waals surface area contributed by atoms with Crippen molar-refractivity contribution in [2.75, 3.05) is 14.2 Å². The average Bonchev–Trinajstić information content (AvgIpc) is 2.49. The maximum Gasteiger partial charge on any atom is 0.328 e. The van der Waals surface area contributed by atoms with E-state index in [1.54, 1.807) is 6.07 Å². The van der Waals surface area contributed by atoms with Crippen LogP contribution in [0.2, 0.25) is 0 Å². The van der Waals surface area contributed by atoms with Crippen molar-refractivity contribution in [2.24, 2.45) is 0 Å². The smallest absolute Gasteiger partial charge is 0.328 e. The van der Waals surface area contributed by atoms with Crippen molar-refractivity contribution in [1.29, 1.82) is 0 Å². The fourth-order valence-electron chi connectivity index (χ4n) is 1.67. The molecule has 1 atom stereocenters. The Labute approximate surface area is 140 Å². The van der Waals surface area contributed by atoms with Crippen LogP contribution in [0.4, 0.5) is 4.39 Å². The zero-order chi connectivity index (χ0) is 16.7. The van der Waals surface area contributed by atoms with Gasteiger partial charge < -0.3 is 14.8 Å². The highest BCUT2D eigenvalue weighted by Crippen LogP contribution is 2.13. The zero-order valence-corrected chi connectivity index (χ0v) is 14.2. The molecule has 1 amide bonds. The Balaban J connectivity index is 2.81. The molecule has 0 bridgehead atoms. The first-order chi connectivity index (χ1) is 10.4. The Bertz CT molecular complexity index is 578. The number of benzene rings is 1. The van der Waals surface area contributed by atoms with Gasteiger partial charge in [0.15, 0.2) is 0 Å². The first kappa shape index (κ1) is 18.3. The molecule has 0 aliphatic carbocycles. The van der Waals surface area contributed by atoms with E-state index in [0.717, 1.165) is 7.11 Å². The molecule has 0 unspecified atom stereocenters. The monoisotopic (exact) mass is 423 g/mol. The number of esters is 2. The van der Waals surface area contributed by atoms with E-state index in [-0.39, 0.29) is 18.4 Å².